The molecule has 0 aromatic heterocycles. The van der Waals surface area contributed by atoms with Crippen molar-refractivity contribution in [3.63, 3.8) is 0 Å². The normalized spacial score (nSPS) is 16.1. The van der Waals surface area contributed by atoms with Gasteiger partial charge in [0.15, 0.2) is 0 Å². The molecule has 0 spiro atoms. The van der Waals surface area contributed by atoms with Crippen LogP contribution in [-0.4, -0.2) is 24.9 Å². The maximum absolute atomic E-state index is 12.1. The number of anilines is 2. The summed E-state index contributed by atoms with van der Waals surface area (Å²) in [5.41, 5.74) is 1.41. The summed E-state index contributed by atoms with van der Waals surface area (Å²) in [5.74, 6) is 0.390. The standard InChI is InChI=1S/C15H21N3O2/c1-3-14(19)17-12-5-4-6-13(7-12)18-15(20)10(2)11-8-16-9-11/h4-7,10-11,16H,3,8-9H2,1-2H3,(H,17,19)(H,18,20). The molecule has 1 heterocycles. The zero-order valence-corrected chi connectivity index (χ0v) is 11.9. The molecule has 1 aliphatic rings. The van der Waals surface area contributed by atoms with Crippen LogP contribution in [0, 0.1) is 11.8 Å². The second kappa shape index (κ2) is 6.52. The molecule has 1 aromatic carbocycles. The molecule has 108 valence electrons. The SMILES string of the molecule is CCC(=O)Nc1cccc(NC(=O)C(C)C2CNC2)c1. The number of nitrogens with one attached hydrogen (secondary N) is 3. The number of carbonyl (C=O) groups excluding carboxylic acids is 2. The number of benzene rings is 1. The molecule has 1 fully saturated rings. The van der Waals surface area contributed by atoms with Crippen LogP contribution in [0.4, 0.5) is 11.4 Å². The molecule has 1 saturated heterocycles. The third-order valence-corrected chi connectivity index (χ3v) is 3.67. The van der Waals surface area contributed by atoms with Crippen molar-refractivity contribution in [2.75, 3.05) is 23.7 Å². The molecule has 1 atom stereocenters. The largest absolute Gasteiger partial charge is 0.326 e. The quantitative estimate of drug-likeness (QED) is 0.768. The fraction of sp³-hybridized carbons (Fsp3) is 0.467. The van der Waals surface area contributed by atoms with E-state index in [0.29, 0.717) is 23.7 Å². The van der Waals surface area contributed by atoms with Crippen LogP contribution in [-0.2, 0) is 9.59 Å². The lowest BCUT2D eigenvalue weighted by atomic mass is 9.88. The van der Waals surface area contributed by atoms with E-state index in [1.165, 1.54) is 0 Å². The summed E-state index contributed by atoms with van der Waals surface area (Å²) in [4.78, 5) is 23.5. The van der Waals surface area contributed by atoms with Gasteiger partial charge in [0, 0.05) is 23.7 Å². The summed E-state index contributed by atoms with van der Waals surface area (Å²) >= 11 is 0. The van der Waals surface area contributed by atoms with E-state index in [2.05, 4.69) is 16.0 Å². The van der Waals surface area contributed by atoms with Gasteiger partial charge in [-0.3, -0.25) is 9.59 Å². The number of rotatable bonds is 5. The van der Waals surface area contributed by atoms with E-state index in [1.807, 2.05) is 25.1 Å². The summed E-state index contributed by atoms with van der Waals surface area (Å²) in [5, 5.41) is 8.85. The summed E-state index contributed by atoms with van der Waals surface area (Å²) in [6.07, 6.45) is 0.433. The third kappa shape index (κ3) is 3.57. The molecule has 2 rings (SSSR count). The first-order valence-corrected chi connectivity index (χ1v) is 7.01. The molecular formula is C15H21N3O2. The maximum Gasteiger partial charge on any atom is 0.227 e. The Morgan fingerprint density at radius 2 is 1.95 bits per heavy atom. The van der Waals surface area contributed by atoms with E-state index in [0.717, 1.165) is 13.1 Å². The molecule has 0 aliphatic carbocycles. The first-order valence-electron chi connectivity index (χ1n) is 7.01. The fourth-order valence-corrected chi connectivity index (χ4v) is 2.06. The molecule has 5 heteroatoms. The minimum Gasteiger partial charge on any atom is -0.326 e. The summed E-state index contributed by atoms with van der Waals surface area (Å²) in [7, 11) is 0. The molecule has 1 aromatic rings. The van der Waals surface area contributed by atoms with Gasteiger partial charge in [-0.2, -0.15) is 0 Å². The van der Waals surface area contributed by atoms with Gasteiger partial charge in [-0.05, 0) is 37.2 Å². The van der Waals surface area contributed by atoms with Gasteiger partial charge in [0.1, 0.15) is 0 Å². The molecule has 20 heavy (non-hydrogen) atoms. The summed E-state index contributed by atoms with van der Waals surface area (Å²) in [6.45, 7) is 5.56. The monoisotopic (exact) mass is 275 g/mol. The van der Waals surface area contributed by atoms with Gasteiger partial charge < -0.3 is 16.0 Å². The predicted octanol–water partition coefficient (Wildman–Crippen LogP) is 1.83. The second-order valence-corrected chi connectivity index (χ2v) is 5.18. The predicted molar refractivity (Wildman–Crippen MR) is 79.5 cm³/mol. The van der Waals surface area contributed by atoms with E-state index in [4.69, 9.17) is 0 Å². The van der Waals surface area contributed by atoms with Crippen molar-refractivity contribution in [3.8, 4) is 0 Å². The maximum atomic E-state index is 12.1. The lowest BCUT2D eigenvalue weighted by Crippen LogP contribution is -2.48. The van der Waals surface area contributed by atoms with E-state index >= 15 is 0 Å². The van der Waals surface area contributed by atoms with E-state index < -0.39 is 0 Å². The first-order chi connectivity index (χ1) is 9.60. The lowest BCUT2D eigenvalue weighted by molar-refractivity contribution is -0.121. The van der Waals surface area contributed by atoms with Crippen molar-refractivity contribution in [1.82, 2.24) is 5.32 Å². The number of hydrogen-bond donors (Lipinski definition) is 3. The zero-order chi connectivity index (χ0) is 14.5. The molecule has 0 radical (unpaired) electrons. The molecule has 3 N–H and O–H groups in total. The van der Waals surface area contributed by atoms with Gasteiger partial charge in [-0.25, -0.2) is 0 Å². The van der Waals surface area contributed by atoms with Crippen LogP contribution in [0.1, 0.15) is 20.3 Å². The van der Waals surface area contributed by atoms with Gasteiger partial charge in [0.2, 0.25) is 11.8 Å². The molecule has 0 bridgehead atoms. The highest BCUT2D eigenvalue weighted by Crippen LogP contribution is 2.20. The Morgan fingerprint density at radius 3 is 2.50 bits per heavy atom. The highest BCUT2D eigenvalue weighted by Gasteiger charge is 2.28. The van der Waals surface area contributed by atoms with E-state index in [9.17, 15) is 9.59 Å². The lowest BCUT2D eigenvalue weighted by Gasteiger charge is -2.31. The second-order valence-electron chi connectivity index (χ2n) is 5.18. The smallest absolute Gasteiger partial charge is 0.227 e. The van der Waals surface area contributed by atoms with Gasteiger partial charge in [0.05, 0.1) is 0 Å². The Hall–Kier alpha value is -1.88. The minimum atomic E-state index is -0.0395. The number of amides is 2. The van der Waals surface area contributed by atoms with Gasteiger partial charge in [0.25, 0.3) is 0 Å². The average Bonchev–Trinajstić information content (AvgIpc) is 2.36. The molecule has 2 amide bonds. The molecule has 0 saturated carbocycles. The molecule has 1 unspecified atom stereocenters. The number of carbonyl (C=O) groups is 2. The zero-order valence-electron chi connectivity index (χ0n) is 11.9. The minimum absolute atomic E-state index is 0.00913. The Labute approximate surface area is 119 Å². The molecule has 1 aliphatic heterocycles. The topological polar surface area (TPSA) is 70.2 Å². The number of hydrogen-bond acceptors (Lipinski definition) is 3. The summed E-state index contributed by atoms with van der Waals surface area (Å²) < 4.78 is 0. The van der Waals surface area contributed by atoms with Crippen molar-refractivity contribution in [2.24, 2.45) is 11.8 Å². The van der Waals surface area contributed by atoms with Crippen LogP contribution < -0.4 is 16.0 Å². The van der Waals surface area contributed by atoms with Crippen LogP contribution in [0.5, 0.6) is 0 Å². The van der Waals surface area contributed by atoms with Crippen LogP contribution in [0.3, 0.4) is 0 Å². The van der Waals surface area contributed by atoms with Crippen molar-refractivity contribution in [3.05, 3.63) is 24.3 Å². The summed E-state index contributed by atoms with van der Waals surface area (Å²) in [6, 6.07) is 7.22. The van der Waals surface area contributed by atoms with Crippen LogP contribution in [0.15, 0.2) is 24.3 Å². The third-order valence-electron chi connectivity index (χ3n) is 3.67. The van der Waals surface area contributed by atoms with Crippen molar-refractivity contribution < 1.29 is 9.59 Å². The Balaban J connectivity index is 1.96. The van der Waals surface area contributed by atoms with Crippen molar-refractivity contribution in [1.29, 1.82) is 0 Å². The first kappa shape index (κ1) is 14.5. The Morgan fingerprint density at radius 1 is 1.30 bits per heavy atom. The van der Waals surface area contributed by atoms with E-state index in [-0.39, 0.29) is 17.7 Å². The van der Waals surface area contributed by atoms with Gasteiger partial charge >= 0.3 is 0 Å². The van der Waals surface area contributed by atoms with E-state index in [1.54, 1.807) is 13.0 Å². The Bertz CT molecular complexity index is 498. The average molecular weight is 275 g/mol. The molecular weight excluding hydrogens is 254 g/mol. The fourth-order valence-electron chi connectivity index (χ4n) is 2.06. The van der Waals surface area contributed by atoms with Crippen molar-refractivity contribution >= 4 is 23.2 Å². The van der Waals surface area contributed by atoms with Crippen molar-refractivity contribution in [2.45, 2.75) is 20.3 Å². The van der Waals surface area contributed by atoms with Crippen LogP contribution in [0.2, 0.25) is 0 Å². The van der Waals surface area contributed by atoms with Gasteiger partial charge in [-0.15, -0.1) is 0 Å². The van der Waals surface area contributed by atoms with Crippen LogP contribution >= 0.6 is 0 Å². The Kier molecular flexibility index (Phi) is 4.74. The van der Waals surface area contributed by atoms with Gasteiger partial charge in [-0.1, -0.05) is 19.9 Å². The highest BCUT2D eigenvalue weighted by molar-refractivity contribution is 5.95. The van der Waals surface area contributed by atoms with Crippen LogP contribution in [0.25, 0.3) is 0 Å². The molecule has 5 nitrogen and oxygen atoms in total. The highest BCUT2D eigenvalue weighted by atomic mass is 16.2.